The van der Waals surface area contributed by atoms with E-state index in [2.05, 4.69) is 6.58 Å². The summed E-state index contributed by atoms with van der Waals surface area (Å²) in [4.78, 5) is 14.6. The van der Waals surface area contributed by atoms with Crippen LogP contribution in [0.1, 0.15) is 29.6 Å². The molecule has 0 aromatic heterocycles. The van der Waals surface area contributed by atoms with E-state index in [0.717, 1.165) is 25.8 Å². The molecular formula is C17H24N2O3. The number of likely N-dealkylation sites (tertiary alicyclic amines) is 1. The number of hydrogen-bond acceptors (Lipinski definition) is 4. The van der Waals surface area contributed by atoms with Gasteiger partial charge in [-0.2, -0.15) is 0 Å². The molecule has 0 bridgehead atoms. The third-order valence-electron chi connectivity index (χ3n) is 3.93. The Kier molecular flexibility index (Phi) is 5.83. The second-order valence-corrected chi connectivity index (χ2v) is 5.35. The molecule has 1 heterocycles. The zero-order valence-electron chi connectivity index (χ0n) is 13.1. The quantitative estimate of drug-likeness (QED) is 0.818. The summed E-state index contributed by atoms with van der Waals surface area (Å²) in [5, 5.41) is 0. The summed E-state index contributed by atoms with van der Waals surface area (Å²) >= 11 is 0. The molecule has 2 N–H and O–H groups in total. The maximum absolute atomic E-state index is 12.7. The van der Waals surface area contributed by atoms with Crippen molar-refractivity contribution in [2.45, 2.75) is 25.3 Å². The summed E-state index contributed by atoms with van der Waals surface area (Å²) in [7, 11) is 1.56. The van der Waals surface area contributed by atoms with Crippen molar-refractivity contribution in [3.05, 3.63) is 36.4 Å². The van der Waals surface area contributed by atoms with Gasteiger partial charge in [0.1, 0.15) is 6.61 Å². The van der Waals surface area contributed by atoms with Gasteiger partial charge in [0.25, 0.3) is 5.91 Å². The number of carbonyl (C=O) groups is 1. The van der Waals surface area contributed by atoms with E-state index in [4.69, 9.17) is 15.2 Å². The van der Waals surface area contributed by atoms with Crippen LogP contribution in [-0.2, 0) is 0 Å². The number of piperidine rings is 1. The average Bonchev–Trinajstić information content (AvgIpc) is 2.59. The summed E-state index contributed by atoms with van der Waals surface area (Å²) in [6, 6.07) is 5.38. The topological polar surface area (TPSA) is 64.8 Å². The zero-order valence-corrected chi connectivity index (χ0v) is 13.1. The van der Waals surface area contributed by atoms with Crippen molar-refractivity contribution in [2.24, 2.45) is 5.73 Å². The summed E-state index contributed by atoms with van der Waals surface area (Å²) in [5.41, 5.74) is 6.40. The van der Waals surface area contributed by atoms with Crippen LogP contribution in [0.3, 0.4) is 0 Å². The molecule has 5 nitrogen and oxygen atoms in total. The van der Waals surface area contributed by atoms with Gasteiger partial charge in [-0.25, -0.2) is 0 Å². The number of nitrogens with zero attached hydrogens (tertiary/aromatic N) is 1. The van der Waals surface area contributed by atoms with Crippen LogP contribution in [0.25, 0.3) is 0 Å². The number of amides is 1. The van der Waals surface area contributed by atoms with Gasteiger partial charge >= 0.3 is 0 Å². The molecular weight excluding hydrogens is 280 g/mol. The van der Waals surface area contributed by atoms with Crippen molar-refractivity contribution >= 4 is 5.91 Å². The van der Waals surface area contributed by atoms with Crippen LogP contribution in [0.2, 0.25) is 0 Å². The van der Waals surface area contributed by atoms with Crippen molar-refractivity contribution in [3.63, 3.8) is 0 Å². The summed E-state index contributed by atoms with van der Waals surface area (Å²) in [5.74, 6) is 1.16. The Morgan fingerprint density at radius 3 is 2.95 bits per heavy atom. The van der Waals surface area contributed by atoms with Gasteiger partial charge in [-0.3, -0.25) is 4.79 Å². The zero-order chi connectivity index (χ0) is 15.9. The summed E-state index contributed by atoms with van der Waals surface area (Å²) in [6.07, 6.45) is 4.79. The van der Waals surface area contributed by atoms with E-state index in [9.17, 15) is 4.79 Å². The minimum absolute atomic E-state index is 0.00345. The molecule has 0 radical (unpaired) electrons. The van der Waals surface area contributed by atoms with E-state index in [1.807, 2.05) is 4.90 Å². The SMILES string of the molecule is C=CCOc1ccc(C(=O)N2CCCCC2CN)cc1OC. The molecule has 0 aliphatic carbocycles. The minimum Gasteiger partial charge on any atom is -0.493 e. The van der Waals surface area contributed by atoms with Crippen molar-refractivity contribution in [2.75, 3.05) is 26.8 Å². The Balaban J connectivity index is 2.20. The van der Waals surface area contributed by atoms with Crippen molar-refractivity contribution in [1.82, 2.24) is 4.90 Å². The Bertz CT molecular complexity index is 531. The van der Waals surface area contributed by atoms with Crippen LogP contribution in [0.4, 0.5) is 0 Å². The molecule has 1 aromatic carbocycles. The molecule has 0 saturated carbocycles. The lowest BCUT2D eigenvalue weighted by atomic mass is 10.0. The molecule has 1 unspecified atom stereocenters. The van der Waals surface area contributed by atoms with Gasteiger partial charge < -0.3 is 20.1 Å². The largest absolute Gasteiger partial charge is 0.493 e. The van der Waals surface area contributed by atoms with Gasteiger partial charge in [0.2, 0.25) is 0 Å². The number of hydrogen-bond donors (Lipinski definition) is 1. The predicted octanol–water partition coefficient (Wildman–Crippen LogP) is 2.21. The maximum atomic E-state index is 12.7. The Morgan fingerprint density at radius 1 is 1.45 bits per heavy atom. The van der Waals surface area contributed by atoms with E-state index >= 15 is 0 Å². The maximum Gasteiger partial charge on any atom is 0.254 e. The first-order valence-corrected chi connectivity index (χ1v) is 7.64. The number of carbonyl (C=O) groups excluding carboxylic acids is 1. The lowest BCUT2D eigenvalue weighted by molar-refractivity contribution is 0.0623. The molecule has 1 aromatic rings. The Morgan fingerprint density at radius 2 is 2.27 bits per heavy atom. The molecule has 1 saturated heterocycles. The van der Waals surface area contributed by atoms with Crippen molar-refractivity contribution in [3.8, 4) is 11.5 Å². The normalized spacial score (nSPS) is 17.9. The highest BCUT2D eigenvalue weighted by atomic mass is 16.5. The van der Waals surface area contributed by atoms with Crippen LogP contribution in [0.5, 0.6) is 11.5 Å². The fraction of sp³-hybridized carbons (Fsp3) is 0.471. The van der Waals surface area contributed by atoms with Crippen molar-refractivity contribution in [1.29, 1.82) is 0 Å². The van der Waals surface area contributed by atoms with Crippen LogP contribution in [0.15, 0.2) is 30.9 Å². The van der Waals surface area contributed by atoms with E-state index < -0.39 is 0 Å². The standard InChI is InChI=1S/C17H24N2O3/c1-3-10-22-15-8-7-13(11-16(15)21-2)17(20)19-9-5-4-6-14(19)12-18/h3,7-8,11,14H,1,4-6,9-10,12,18H2,2H3. The molecule has 1 aliphatic heterocycles. The monoisotopic (exact) mass is 304 g/mol. The van der Waals surface area contributed by atoms with Gasteiger partial charge in [0.15, 0.2) is 11.5 Å². The van der Waals surface area contributed by atoms with Gasteiger partial charge in [-0.1, -0.05) is 12.7 Å². The van der Waals surface area contributed by atoms with Crippen LogP contribution in [0, 0.1) is 0 Å². The summed E-state index contributed by atoms with van der Waals surface area (Å²) < 4.78 is 10.8. The third kappa shape index (κ3) is 3.60. The highest BCUT2D eigenvalue weighted by molar-refractivity contribution is 5.95. The highest BCUT2D eigenvalue weighted by Crippen LogP contribution is 2.29. The molecule has 1 aliphatic rings. The number of benzene rings is 1. The van der Waals surface area contributed by atoms with Gasteiger partial charge in [-0.15, -0.1) is 0 Å². The minimum atomic E-state index is 0.00345. The lowest BCUT2D eigenvalue weighted by Crippen LogP contribution is -2.47. The van der Waals surface area contributed by atoms with Crippen LogP contribution >= 0.6 is 0 Å². The average molecular weight is 304 g/mol. The van der Waals surface area contributed by atoms with Crippen LogP contribution < -0.4 is 15.2 Å². The van der Waals surface area contributed by atoms with Gasteiger partial charge in [0, 0.05) is 24.7 Å². The van der Waals surface area contributed by atoms with E-state index in [1.54, 1.807) is 31.4 Å². The molecule has 1 atom stereocenters. The van der Waals surface area contributed by atoms with E-state index in [-0.39, 0.29) is 11.9 Å². The third-order valence-corrected chi connectivity index (χ3v) is 3.93. The van der Waals surface area contributed by atoms with Gasteiger partial charge in [0.05, 0.1) is 7.11 Å². The smallest absolute Gasteiger partial charge is 0.254 e. The van der Waals surface area contributed by atoms with Crippen molar-refractivity contribution < 1.29 is 14.3 Å². The molecule has 120 valence electrons. The Labute approximate surface area is 131 Å². The second kappa shape index (κ2) is 7.84. The first kappa shape index (κ1) is 16.4. The first-order valence-electron chi connectivity index (χ1n) is 7.64. The molecule has 1 fully saturated rings. The number of methoxy groups -OCH3 is 1. The number of ether oxygens (including phenoxy) is 2. The fourth-order valence-corrected chi connectivity index (χ4v) is 2.75. The second-order valence-electron chi connectivity index (χ2n) is 5.35. The fourth-order valence-electron chi connectivity index (χ4n) is 2.75. The lowest BCUT2D eigenvalue weighted by Gasteiger charge is -2.35. The van der Waals surface area contributed by atoms with E-state index in [1.165, 1.54) is 0 Å². The molecule has 1 amide bonds. The number of nitrogens with two attached hydrogens (primary N) is 1. The molecule has 2 rings (SSSR count). The van der Waals surface area contributed by atoms with Crippen LogP contribution in [-0.4, -0.2) is 43.7 Å². The first-order chi connectivity index (χ1) is 10.7. The molecule has 5 heteroatoms. The molecule has 22 heavy (non-hydrogen) atoms. The molecule has 0 spiro atoms. The Hall–Kier alpha value is -2.01. The summed E-state index contributed by atoms with van der Waals surface area (Å²) in [6.45, 7) is 5.28. The van der Waals surface area contributed by atoms with E-state index in [0.29, 0.717) is 30.2 Å². The van der Waals surface area contributed by atoms with Gasteiger partial charge in [-0.05, 0) is 37.5 Å². The highest BCUT2D eigenvalue weighted by Gasteiger charge is 2.26. The number of rotatable bonds is 6. The predicted molar refractivity (Wildman–Crippen MR) is 86.4 cm³/mol.